The summed E-state index contributed by atoms with van der Waals surface area (Å²) >= 11 is 0. The van der Waals surface area contributed by atoms with Crippen LogP contribution in [0.3, 0.4) is 0 Å². The number of nitrogens with one attached hydrogen (secondary N) is 1. The molecule has 1 fully saturated rings. The second kappa shape index (κ2) is 5.86. The lowest BCUT2D eigenvalue weighted by atomic mass is 10.2. The van der Waals surface area contributed by atoms with Crippen LogP contribution in [0.1, 0.15) is 17.5 Å². The highest BCUT2D eigenvalue weighted by Gasteiger charge is 2.33. The summed E-state index contributed by atoms with van der Waals surface area (Å²) in [6.45, 7) is 2.68. The molecule has 1 aliphatic rings. The highest BCUT2D eigenvalue weighted by atomic mass is 16.2. The molecule has 5 nitrogen and oxygen atoms in total. The Balaban J connectivity index is 1.77. The maximum absolute atomic E-state index is 12.5. The third-order valence-electron chi connectivity index (χ3n) is 3.79. The number of carbonyl (C=O) groups excluding carboxylic acids is 1. The molecule has 0 spiro atoms. The molecule has 5 heteroatoms. The van der Waals surface area contributed by atoms with Crippen molar-refractivity contribution in [1.29, 1.82) is 5.26 Å². The number of aromatic nitrogens is 1. The van der Waals surface area contributed by atoms with Crippen molar-refractivity contribution in [3.8, 4) is 6.07 Å². The van der Waals surface area contributed by atoms with Crippen LogP contribution in [0.4, 0.5) is 11.5 Å². The SMILES string of the molecule is Cc1ccc(N2CCC(Nc3ncccc3C#N)C2=O)cc1. The van der Waals surface area contributed by atoms with Crippen LogP contribution in [-0.2, 0) is 4.79 Å². The van der Waals surface area contributed by atoms with E-state index in [4.69, 9.17) is 5.26 Å². The van der Waals surface area contributed by atoms with E-state index in [9.17, 15) is 4.79 Å². The van der Waals surface area contributed by atoms with E-state index in [0.717, 1.165) is 11.3 Å². The van der Waals surface area contributed by atoms with E-state index < -0.39 is 0 Å². The zero-order valence-electron chi connectivity index (χ0n) is 12.3. The van der Waals surface area contributed by atoms with E-state index in [1.165, 1.54) is 0 Å². The largest absolute Gasteiger partial charge is 0.357 e. The van der Waals surface area contributed by atoms with Gasteiger partial charge in [0.2, 0.25) is 5.91 Å². The molecule has 22 heavy (non-hydrogen) atoms. The van der Waals surface area contributed by atoms with Crippen molar-refractivity contribution in [1.82, 2.24) is 4.98 Å². The summed E-state index contributed by atoms with van der Waals surface area (Å²) in [5.41, 5.74) is 2.52. The third kappa shape index (κ3) is 2.63. The fraction of sp³-hybridized carbons (Fsp3) is 0.235. The molecule has 110 valence electrons. The number of carbonyl (C=O) groups is 1. The molecule has 1 unspecified atom stereocenters. The van der Waals surface area contributed by atoms with Gasteiger partial charge in [0.1, 0.15) is 17.9 Å². The Labute approximate surface area is 129 Å². The molecule has 1 aromatic heterocycles. The van der Waals surface area contributed by atoms with Crippen LogP contribution in [-0.4, -0.2) is 23.5 Å². The average molecular weight is 292 g/mol. The summed E-state index contributed by atoms with van der Waals surface area (Å²) < 4.78 is 0. The Hall–Kier alpha value is -2.87. The van der Waals surface area contributed by atoms with Crippen LogP contribution in [0.15, 0.2) is 42.6 Å². The van der Waals surface area contributed by atoms with Gasteiger partial charge < -0.3 is 10.2 Å². The molecule has 1 N–H and O–H groups in total. The fourth-order valence-electron chi connectivity index (χ4n) is 2.57. The maximum atomic E-state index is 12.5. The first kappa shape index (κ1) is 14.1. The molecule has 0 bridgehead atoms. The first-order valence-electron chi connectivity index (χ1n) is 7.19. The van der Waals surface area contributed by atoms with E-state index in [2.05, 4.69) is 16.4 Å². The number of aryl methyl sites for hydroxylation is 1. The molecular formula is C17H16N4O. The lowest BCUT2D eigenvalue weighted by Gasteiger charge is -2.18. The van der Waals surface area contributed by atoms with Crippen molar-refractivity contribution >= 4 is 17.4 Å². The molecule has 2 heterocycles. The molecule has 0 radical (unpaired) electrons. The Morgan fingerprint density at radius 3 is 2.82 bits per heavy atom. The minimum Gasteiger partial charge on any atom is -0.357 e. The number of anilines is 2. The minimum absolute atomic E-state index is 0.0124. The van der Waals surface area contributed by atoms with Crippen LogP contribution in [0, 0.1) is 18.3 Å². The van der Waals surface area contributed by atoms with Gasteiger partial charge in [-0.1, -0.05) is 17.7 Å². The molecular weight excluding hydrogens is 276 g/mol. The Bertz CT molecular complexity index is 733. The summed E-state index contributed by atoms with van der Waals surface area (Å²) in [4.78, 5) is 18.5. The molecule has 0 aliphatic carbocycles. The number of rotatable bonds is 3. The zero-order valence-corrected chi connectivity index (χ0v) is 12.3. The predicted octanol–water partition coefficient (Wildman–Crippen LogP) is 2.48. The number of nitriles is 1. The van der Waals surface area contributed by atoms with Gasteiger partial charge in [-0.15, -0.1) is 0 Å². The second-order valence-corrected chi connectivity index (χ2v) is 5.32. The molecule has 2 aromatic rings. The van der Waals surface area contributed by atoms with E-state index >= 15 is 0 Å². The smallest absolute Gasteiger partial charge is 0.249 e. The van der Waals surface area contributed by atoms with Crippen LogP contribution < -0.4 is 10.2 Å². The number of nitrogens with zero attached hydrogens (tertiary/aromatic N) is 3. The van der Waals surface area contributed by atoms with Crippen molar-refractivity contribution in [2.24, 2.45) is 0 Å². The van der Waals surface area contributed by atoms with Crippen molar-refractivity contribution in [2.45, 2.75) is 19.4 Å². The van der Waals surface area contributed by atoms with E-state index in [0.29, 0.717) is 24.3 Å². The quantitative estimate of drug-likeness (QED) is 0.943. The van der Waals surface area contributed by atoms with Gasteiger partial charge in [-0.2, -0.15) is 5.26 Å². The predicted molar refractivity (Wildman–Crippen MR) is 84.5 cm³/mol. The molecule has 1 atom stereocenters. The third-order valence-corrected chi connectivity index (χ3v) is 3.79. The fourth-order valence-corrected chi connectivity index (χ4v) is 2.57. The van der Waals surface area contributed by atoms with E-state index in [1.54, 1.807) is 23.2 Å². The van der Waals surface area contributed by atoms with Gasteiger partial charge in [0.05, 0.1) is 5.56 Å². The van der Waals surface area contributed by atoms with Gasteiger partial charge in [-0.05, 0) is 37.6 Å². The number of benzene rings is 1. The monoisotopic (exact) mass is 292 g/mol. The molecule has 0 saturated carbocycles. The van der Waals surface area contributed by atoms with Crippen LogP contribution >= 0.6 is 0 Å². The Morgan fingerprint density at radius 1 is 1.32 bits per heavy atom. The zero-order chi connectivity index (χ0) is 15.5. The summed E-state index contributed by atoms with van der Waals surface area (Å²) in [7, 11) is 0. The van der Waals surface area contributed by atoms with E-state index in [1.807, 2.05) is 31.2 Å². The van der Waals surface area contributed by atoms with Gasteiger partial charge in [-0.25, -0.2) is 4.98 Å². The molecule has 1 saturated heterocycles. The van der Waals surface area contributed by atoms with Gasteiger partial charge in [0, 0.05) is 18.4 Å². The summed E-state index contributed by atoms with van der Waals surface area (Å²) in [5, 5.41) is 12.2. The van der Waals surface area contributed by atoms with Gasteiger partial charge >= 0.3 is 0 Å². The highest BCUT2D eigenvalue weighted by Crippen LogP contribution is 2.24. The minimum atomic E-state index is -0.344. The Morgan fingerprint density at radius 2 is 2.09 bits per heavy atom. The van der Waals surface area contributed by atoms with Crippen LogP contribution in [0.5, 0.6) is 0 Å². The number of hydrogen-bond donors (Lipinski definition) is 1. The number of pyridine rings is 1. The van der Waals surface area contributed by atoms with Crippen LogP contribution in [0.25, 0.3) is 0 Å². The van der Waals surface area contributed by atoms with Gasteiger partial charge in [-0.3, -0.25) is 4.79 Å². The maximum Gasteiger partial charge on any atom is 0.249 e. The lowest BCUT2D eigenvalue weighted by Crippen LogP contribution is -2.33. The highest BCUT2D eigenvalue weighted by molar-refractivity contribution is 6.01. The summed E-state index contributed by atoms with van der Waals surface area (Å²) in [5.74, 6) is 0.479. The molecule has 3 rings (SSSR count). The van der Waals surface area contributed by atoms with E-state index in [-0.39, 0.29) is 11.9 Å². The first-order chi connectivity index (χ1) is 10.7. The van der Waals surface area contributed by atoms with Crippen molar-refractivity contribution in [2.75, 3.05) is 16.8 Å². The first-order valence-corrected chi connectivity index (χ1v) is 7.19. The standard InChI is InChI=1S/C17H16N4O/c1-12-4-6-14(7-5-12)21-10-8-15(17(21)22)20-16-13(11-18)3-2-9-19-16/h2-7,9,15H,8,10H2,1H3,(H,19,20). The summed E-state index contributed by atoms with van der Waals surface area (Å²) in [6, 6.07) is 13.0. The number of hydrogen-bond acceptors (Lipinski definition) is 4. The number of amides is 1. The molecule has 1 aliphatic heterocycles. The second-order valence-electron chi connectivity index (χ2n) is 5.32. The van der Waals surface area contributed by atoms with Gasteiger partial charge in [0.25, 0.3) is 0 Å². The van der Waals surface area contributed by atoms with Gasteiger partial charge in [0.15, 0.2) is 0 Å². The van der Waals surface area contributed by atoms with Crippen LogP contribution in [0.2, 0.25) is 0 Å². The van der Waals surface area contributed by atoms with Crippen molar-refractivity contribution < 1.29 is 4.79 Å². The lowest BCUT2D eigenvalue weighted by molar-refractivity contribution is -0.117. The normalized spacial score (nSPS) is 17.4. The average Bonchev–Trinajstić information content (AvgIpc) is 2.90. The topological polar surface area (TPSA) is 69.0 Å². The van der Waals surface area contributed by atoms with Crippen molar-refractivity contribution in [3.05, 3.63) is 53.7 Å². The van der Waals surface area contributed by atoms with Crippen molar-refractivity contribution in [3.63, 3.8) is 0 Å². The Kier molecular flexibility index (Phi) is 3.75. The molecule has 1 amide bonds. The molecule has 1 aromatic carbocycles. The summed E-state index contributed by atoms with van der Waals surface area (Å²) in [6.07, 6.45) is 2.30.